The summed E-state index contributed by atoms with van der Waals surface area (Å²) in [5.74, 6) is 1.03. The summed E-state index contributed by atoms with van der Waals surface area (Å²) in [6, 6.07) is 4.34. The largest absolute Gasteiger partial charge is 0.496 e. The second-order valence-corrected chi connectivity index (χ2v) is 9.69. The standard InChI is InChI=1S/C21H26N4O4S/c1-12-18-17(19(23-12)13-7-5-4-6-8-13)21(26)25-20(24-18)15-10-9-14(11-16(15)29-3)30(27,28)22-2/h9-11,13,19,22H,4-8H2,1-3H3,(H,24,25,26). The molecule has 0 amide bonds. The molecule has 0 spiro atoms. The number of fused-ring (bicyclic) bond motifs is 1. The Kier molecular flexibility index (Phi) is 5.50. The average Bonchev–Trinajstić information content (AvgIpc) is 3.11. The van der Waals surface area contributed by atoms with Crippen LogP contribution in [0.5, 0.6) is 5.75 Å². The monoisotopic (exact) mass is 430 g/mol. The molecule has 0 radical (unpaired) electrons. The van der Waals surface area contributed by atoms with Crippen molar-refractivity contribution in [3.8, 4) is 17.1 Å². The number of aromatic amines is 1. The molecule has 1 fully saturated rings. The zero-order valence-electron chi connectivity index (χ0n) is 17.4. The van der Waals surface area contributed by atoms with Crippen LogP contribution in [0.15, 0.2) is 32.9 Å². The first-order chi connectivity index (χ1) is 14.4. The molecule has 1 aromatic carbocycles. The quantitative estimate of drug-likeness (QED) is 0.757. The molecule has 1 aromatic heterocycles. The van der Waals surface area contributed by atoms with Crippen LogP contribution in [0.4, 0.5) is 0 Å². The van der Waals surface area contributed by atoms with Gasteiger partial charge in [0, 0.05) is 6.07 Å². The lowest BCUT2D eigenvalue weighted by molar-refractivity contribution is 0.310. The van der Waals surface area contributed by atoms with Gasteiger partial charge in [0.05, 0.1) is 40.6 Å². The molecule has 2 aromatic rings. The van der Waals surface area contributed by atoms with E-state index in [-0.39, 0.29) is 16.5 Å². The number of nitrogens with zero attached hydrogens (tertiary/aromatic N) is 2. The molecule has 0 saturated heterocycles. The van der Waals surface area contributed by atoms with Crippen LogP contribution in [0.1, 0.15) is 56.3 Å². The van der Waals surface area contributed by atoms with Crippen molar-refractivity contribution in [1.29, 1.82) is 0 Å². The highest BCUT2D eigenvalue weighted by atomic mass is 32.2. The second-order valence-electron chi connectivity index (χ2n) is 7.80. The van der Waals surface area contributed by atoms with Crippen molar-refractivity contribution in [3.63, 3.8) is 0 Å². The van der Waals surface area contributed by atoms with Crippen molar-refractivity contribution in [3.05, 3.63) is 39.8 Å². The fourth-order valence-electron chi connectivity index (χ4n) is 4.44. The molecular weight excluding hydrogens is 404 g/mol. The minimum absolute atomic E-state index is 0.0733. The number of sulfonamides is 1. The highest BCUT2D eigenvalue weighted by Gasteiger charge is 2.35. The lowest BCUT2D eigenvalue weighted by Crippen LogP contribution is -2.23. The van der Waals surface area contributed by atoms with Gasteiger partial charge in [-0.1, -0.05) is 19.3 Å². The molecule has 0 bridgehead atoms. The lowest BCUT2D eigenvalue weighted by Gasteiger charge is -2.25. The van der Waals surface area contributed by atoms with E-state index in [0.717, 1.165) is 18.6 Å². The van der Waals surface area contributed by atoms with Crippen molar-refractivity contribution >= 4 is 15.7 Å². The number of H-pyrrole nitrogens is 1. The first kappa shape index (κ1) is 20.7. The summed E-state index contributed by atoms with van der Waals surface area (Å²) in [5, 5.41) is 0. The molecule has 8 nitrogen and oxygen atoms in total. The van der Waals surface area contributed by atoms with Crippen molar-refractivity contribution in [2.75, 3.05) is 14.2 Å². The van der Waals surface area contributed by atoms with Gasteiger partial charge < -0.3 is 9.72 Å². The number of rotatable bonds is 5. The summed E-state index contributed by atoms with van der Waals surface area (Å²) >= 11 is 0. The van der Waals surface area contributed by atoms with Gasteiger partial charge in [-0.2, -0.15) is 0 Å². The SMILES string of the molecule is CNS(=O)(=O)c1ccc(-c2nc3c(c(=O)[nH]2)C(C2CCCCC2)N=C3C)c(OC)c1. The summed E-state index contributed by atoms with van der Waals surface area (Å²) in [4.78, 5) is 25.5. The third-order valence-corrected chi connectivity index (χ3v) is 7.44. The van der Waals surface area contributed by atoms with Crippen LogP contribution in [0.25, 0.3) is 11.4 Å². The van der Waals surface area contributed by atoms with Crippen LogP contribution in [0, 0.1) is 5.92 Å². The van der Waals surface area contributed by atoms with Crippen molar-refractivity contribution in [2.24, 2.45) is 10.9 Å². The maximum Gasteiger partial charge on any atom is 0.257 e. The molecule has 9 heteroatoms. The summed E-state index contributed by atoms with van der Waals surface area (Å²) in [6.07, 6.45) is 5.75. The average molecular weight is 431 g/mol. The van der Waals surface area contributed by atoms with Crippen LogP contribution in [-0.2, 0) is 10.0 Å². The minimum atomic E-state index is -3.62. The molecule has 1 saturated carbocycles. The Morgan fingerprint density at radius 2 is 1.93 bits per heavy atom. The Balaban J connectivity index is 1.78. The molecule has 1 aliphatic carbocycles. The molecule has 2 heterocycles. The minimum Gasteiger partial charge on any atom is -0.496 e. The van der Waals surface area contributed by atoms with Crippen molar-refractivity contribution in [2.45, 2.75) is 50.0 Å². The van der Waals surface area contributed by atoms with Crippen LogP contribution in [0.2, 0.25) is 0 Å². The molecule has 1 atom stereocenters. The normalized spacial score (nSPS) is 19.4. The van der Waals surface area contributed by atoms with Gasteiger partial charge in [0.25, 0.3) is 5.56 Å². The maximum absolute atomic E-state index is 13.1. The maximum atomic E-state index is 13.1. The summed E-state index contributed by atoms with van der Waals surface area (Å²) in [6.45, 7) is 1.89. The number of ether oxygens (including phenoxy) is 1. The van der Waals surface area contributed by atoms with Gasteiger partial charge in [-0.3, -0.25) is 9.79 Å². The Bertz CT molecular complexity index is 1160. The molecule has 1 aliphatic heterocycles. The van der Waals surface area contributed by atoms with E-state index in [1.165, 1.54) is 45.6 Å². The molecule has 160 valence electrons. The van der Waals surface area contributed by atoms with Gasteiger partial charge in [0.1, 0.15) is 11.6 Å². The third kappa shape index (κ3) is 3.56. The number of aromatic nitrogens is 2. The van der Waals surface area contributed by atoms with E-state index >= 15 is 0 Å². The summed E-state index contributed by atoms with van der Waals surface area (Å²) < 4.78 is 31.9. The van der Waals surface area contributed by atoms with Gasteiger partial charge in [-0.15, -0.1) is 0 Å². The highest BCUT2D eigenvalue weighted by molar-refractivity contribution is 7.89. The van der Waals surface area contributed by atoms with Crippen molar-refractivity contribution in [1.82, 2.24) is 14.7 Å². The van der Waals surface area contributed by atoms with E-state index in [0.29, 0.717) is 34.3 Å². The zero-order valence-corrected chi connectivity index (χ0v) is 18.2. The van der Waals surface area contributed by atoms with E-state index in [9.17, 15) is 13.2 Å². The highest BCUT2D eigenvalue weighted by Crippen LogP contribution is 2.40. The van der Waals surface area contributed by atoms with Gasteiger partial charge in [-0.05, 0) is 44.9 Å². The fourth-order valence-corrected chi connectivity index (χ4v) is 5.18. The molecule has 2 aliphatic rings. The molecule has 1 unspecified atom stereocenters. The van der Waals surface area contributed by atoms with Crippen molar-refractivity contribution < 1.29 is 13.2 Å². The van der Waals surface area contributed by atoms with E-state index < -0.39 is 10.0 Å². The second kappa shape index (κ2) is 7.96. The van der Waals surface area contributed by atoms with Crippen LogP contribution < -0.4 is 15.0 Å². The molecule has 30 heavy (non-hydrogen) atoms. The predicted molar refractivity (Wildman–Crippen MR) is 115 cm³/mol. The van der Waals surface area contributed by atoms with E-state index in [2.05, 4.69) is 9.71 Å². The summed E-state index contributed by atoms with van der Waals surface area (Å²) in [5.41, 5.74) is 2.36. The van der Waals surface area contributed by atoms with Crippen LogP contribution in [-0.4, -0.2) is 38.3 Å². The lowest BCUT2D eigenvalue weighted by atomic mass is 9.82. The number of hydrogen-bond donors (Lipinski definition) is 2. The number of nitrogens with one attached hydrogen (secondary N) is 2. The van der Waals surface area contributed by atoms with Gasteiger partial charge >= 0.3 is 0 Å². The number of hydrogen-bond acceptors (Lipinski definition) is 6. The molecular formula is C21H26N4O4S. The third-order valence-electron chi connectivity index (χ3n) is 6.03. The molecule has 4 rings (SSSR count). The Morgan fingerprint density at radius 1 is 1.20 bits per heavy atom. The van der Waals surface area contributed by atoms with Gasteiger partial charge in [0.2, 0.25) is 10.0 Å². The molecule has 2 N–H and O–H groups in total. The van der Waals surface area contributed by atoms with Gasteiger partial charge in [-0.25, -0.2) is 18.1 Å². The van der Waals surface area contributed by atoms with Gasteiger partial charge in [0.15, 0.2) is 0 Å². The fraction of sp³-hybridized carbons (Fsp3) is 0.476. The topological polar surface area (TPSA) is 114 Å². The first-order valence-electron chi connectivity index (χ1n) is 10.2. The Morgan fingerprint density at radius 3 is 2.60 bits per heavy atom. The van der Waals surface area contributed by atoms with Crippen LogP contribution >= 0.6 is 0 Å². The Labute approximate surface area is 175 Å². The zero-order chi connectivity index (χ0) is 21.5. The number of aliphatic imine (C=N–C) groups is 1. The number of methoxy groups -OCH3 is 1. The summed E-state index contributed by atoms with van der Waals surface area (Å²) in [7, 11) is -0.820. The first-order valence-corrected chi connectivity index (χ1v) is 11.6. The Hall–Kier alpha value is -2.52. The van der Waals surface area contributed by atoms with E-state index in [1.54, 1.807) is 6.07 Å². The van der Waals surface area contributed by atoms with Crippen LogP contribution in [0.3, 0.4) is 0 Å². The number of benzene rings is 1. The smallest absolute Gasteiger partial charge is 0.257 e. The van der Waals surface area contributed by atoms with E-state index in [1.807, 2.05) is 6.92 Å². The van der Waals surface area contributed by atoms with E-state index in [4.69, 9.17) is 14.7 Å². The predicted octanol–water partition coefficient (Wildman–Crippen LogP) is 2.80.